The second-order valence-corrected chi connectivity index (χ2v) is 4.95. The van der Waals surface area contributed by atoms with Crippen LogP contribution in [0.1, 0.15) is 26.3 Å². The molecule has 0 saturated carbocycles. The Bertz CT molecular complexity index is 416. The fourth-order valence-electron chi connectivity index (χ4n) is 1.66. The Labute approximate surface area is 116 Å². The minimum atomic E-state index is 0.0758. The third-order valence-electron chi connectivity index (χ3n) is 2.63. The molecule has 4 nitrogen and oxygen atoms in total. The van der Waals surface area contributed by atoms with Crippen LogP contribution in [0.2, 0.25) is 0 Å². The van der Waals surface area contributed by atoms with E-state index < -0.39 is 0 Å². The van der Waals surface area contributed by atoms with E-state index in [2.05, 4.69) is 42.5 Å². The number of aryl methyl sites for hydroxylation is 1. The van der Waals surface area contributed by atoms with Crippen molar-refractivity contribution in [3.8, 4) is 5.75 Å². The molecule has 0 bridgehead atoms. The molecule has 106 valence electrons. The molecule has 0 heterocycles. The first-order valence-electron chi connectivity index (χ1n) is 6.72. The van der Waals surface area contributed by atoms with Gasteiger partial charge in [-0.1, -0.05) is 18.2 Å². The second-order valence-electron chi connectivity index (χ2n) is 4.95. The van der Waals surface area contributed by atoms with Crippen LogP contribution in [-0.4, -0.2) is 31.7 Å². The zero-order valence-corrected chi connectivity index (χ0v) is 12.5. The van der Waals surface area contributed by atoms with E-state index in [1.54, 1.807) is 7.05 Å². The van der Waals surface area contributed by atoms with Gasteiger partial charge in [0.1, 0.15) is 11.9 Å². The van der Waals surface area contributed by atoms with Gasteiger partial charge in [0.15, 0.2) is 5.96 Å². The third kappa shape index (κ3) is 5.64. The van der Waals surface area contributed by atoms with Gasteiger partial charge in [0.05, 0.1) is 6.54 Å². The lowest BCUT2D eigenvalue weighted by molar-refractivity contribution is 0.222. The molecule has 0 saturated heterocycles. The highest BCUT2D eigenvalue weighted by atomic mass is 16.5. The van der Waals surface area contributed by atoms with Crippen LogP contribution in [0, 0.1) is 6.92 Å². The maximum Gasteiger partial charge on any atom is 0.191 e. The third-order valence-corrected chi connectivity index (χ3v) is 2.63. The van der Waals surface area contributed by atoms with Gasteiger partial charge in [-0.25, -0.2) is 0 Å². The number of aliphatic imine (C=N–C) groups is 1. The van der Waals surface area contributed by atoms with Crippen molar-refractivity contribution < 1.29 is 4.74 Å². The maximum absolute atomic E-state index is 5.90. The van der Waals surface area contributed by atoms with Crippen LogP contribution in [0.5, 0.6) is 5.75 Å². The zero-order valence-electron chi connectivity index (χ0n) is 12.5. The molecule has 2 N–H and O–H groups in total. The molecule has 1 rings (SSSR count). The first kappa shape index (κ1) is 15.3. The Balaban J connectivity index is 2.43. The van der Waals surface area contributed by atoms with Gasteiger partial charge < -0.3 is 15.4 Å². The summed E-state index contributed by atoms with van der Waals surface area (Å²) in [6.45, 7) is 8.97. The normalized spacial score (nSPS) is 13.3. The van der Waals surface area contributed by atoms with Gasteiger partial charge >= 0.3 is 0 Å². The molecule has 19 heavy (non-hydrogen) atoms. The Morgan fingerprint density at radius 1 is 1.26 bits per heavy atom. The monoisotopic (exact) mass is 263 g/mol. The largest absolute Gasteiger partial charge is 0.489 e. The quantitative estimate of drug-likeness (QED) is 0.633. The van der Waals surface area contributed by atoms with Crippen molar-refractivity contribution in [2.75, 3.05) is 13.6 Å². The average molecular weight is 263 g/mol. The maximum atomic E-state index is 5.90. The summed E-state index contributed by atoms with van der Waals surface area (Å²) in [5.41, 5.74) is 1.15. The minimum absolute atomic E-state index is 0.0758. The summed E-state index contributed by atoms with van der Waals surface area (Å²) in [5.74, 6) is 1.74. The summed E-state index contributed by atoms with van der Waals surface area (Å²) < 4.78 is 5.90. The number of para-hydroxylation sites is 1. The van der Waals surface area contributed by atoms with Gasteiger partial charge in [-0.05, 0) is 39.3 Å². The number of benzene rings is 1. The predicted molar refractivity (Wildman–Crippen MR) is 80.9 cm³/mol. The fourth-order valence-corrected chi connectivity index (χ4v) is 1.66. The molecule has 4 heteroatoms. The van der Waals surface area contributed by atoms with Crippen LogP contribution < -0.4 is 15.4 Å². The zero-order chi connectivity index (χ0) is 14.3. The van der Waals surface area contributed by atoms with E-state index in [1.165, 1.54) is 0 Å². The molecule has 0 aliphatic heterocycles. The Morgan fingerprint density at radius 3 is 2.53 bits per heavy atom. The number of hydrogen-bond acceptors (Lipinski definition) is 2. The minimum Gasteiger partial charge on any atom is -0.489 e. The van der Waals surface area contributed by atoms with Crippen molar-refractivity contribution in [2.24, 2.45) is 4.99 Å². The number of nitrogens with zero attached hydrogens (tertiary/aromatic N) is 1. The molecule has 0 aliphatic carbocycles. The van der Waals surface area contributed by atoms with Gasteiger partial charge in [-0.15, -0.1) is 0 Å². The van der Waals surface area contributed by atoms with Crippen LogP contribution in [-0.2, 0) is 0 Å². The highest BCUT2D eigenvalue weighted by Crippen LogP contribution is 2.17. The summed E-state index contributed by atoms with van der Waals surface area (Å²) in [7, 11) is 1.77. The SMILES string of the molecule is CN=C(NCC(C)Oc1ccccc1C)NC(C)C. The lowest BCUT2D eigenvalue weighted by Gasteiger charge is -2.19. The average Bonchev–Trinajstić information content (AvgIpc) is 2.37. The lowest BCUT2D eigenvalue weighted by atomic mass is 10.2. The summed E-state index contributed by atoms with van der Waals surface area (Å²) in [4.78, 5) is 4.16. The Morgan fingerprint density at radius 2 is 1.95 bits per heavy atom. The van der Waals surface area contributed by atoms with E-state index in [9.17, 15) is 0 Å². The molecule has 0 aliphatic rings. The van der Waals surface area contributed by atoms with Crippen LogP contribution in [0.3, 0.4) is 0 Å². The molecule has 1 aromatic carbocycles. The van der Waals surface area contributed by atoms with Gasteiger partial charge in [0.2, 0.25) is 0 Å². The summed E-state index contributed by atoms with van der Waals surface area (Å²) in [6.07, 6.45) is 0.0758. The molecule has 0 radical (unpaired) electrons. The molecule has 0 spiro atoms. The highest BCUT2D eigenvalue weighted by Gasteiger charge is 2.07. The van der Waals surface area contributed by atoms with Crippen LogP contribution in [0.25, 0.3) is 0 Å². The molecule has 0 fully saturated rings. The van der Waals surface area contributed by atoms with Gasteiger partial charge in [-0.2, -0.15) is 0 Å². The molecule has 1 unspecified atom stereocenters. The van der Waals surface area contributed by atoms with Crippen molar-refractivity contribution in [1.29, 1.82) is 0 Å². The molecule has 1 aromatic rings. The van der Waals surface area contributed by atoms with Gasteiger partial charge in [-0.3, -0.25) is 4.99 Å². The van der Waals surface area contributed by atoms with E-state index >= 15 is 0 Å². The molecular weight excluding hydrogens is 238 g/mol. The molecule has 0 amide bonds. The Hall–Kier alpha value is -1.71. The van der Waals surface area contributed by atoms with Crippen LogP contribution >= 0.6 is 0 Å². The highest BCUT2D eigenvalue weighted by molar-refractivity contribution is 5.79. The van der Waals surface area contributed by atoms with Crippen LogP contribution in [0.15, 0.2) is 29.3 Å². The number of nitrogens with one attached hydrogen (secondary N) is 2. The summed E-state index contributed by atoms with van der Waals surface area (Å²) in [5, 5.41) is 6.50. The van der Waals surface area contributed by atoms with E-state index in [0.29, 0.717) is 12.6 Å². The first-order valence-corrected chi connectivity index (χ1v) is 6.72. The smallest absolute Gasteiger partial charge is 0.191 e. The summed E-state index contributed by atoms with van der Waals surface area (Å²) in [6, 6.07) is 8.40. The predicted octanol–water partition coefficient (Wildman–Crippen LogP) is 2.34. The van der Waals surface area contributed by atoms with Gasteiger partial charge in [0.25, 0.3) is 0 Å². The molecule has 1 atom stereocenters. The lowest BCUT2D eigenvalue weighted by Crippen LogP contribution is -2.44. The molecule has 0 aromatic heterocycles. The standard InChI is InChI=1S/C15H25N3O/c1-11(2)18-15(16-5)17-10-13(4)19-14-9-7-6-8-12(14)3/h6-9,11,13H,10H2,1-5H3,(H2,16,17,18). The first-order chi connectivity index (χ1) is 9.02. The number of ether oxygens (including phenoxy) is 1. The van der Waals surface area contributed by atoms with Crippen molar-refractivity contribution in [3.63, 3.8) is 0 Å². The fraction of sp³-hybridized carbons (Fsp3) is 0.533. The van der Waals surface area contributed by atoms with Crippen LogP contribution in [0.4, 0.5) is 0 Å². The van der Waals surface area contributed by atoms with Crippen molar-refractivity contribution >= 4 is 5.96 Å². The van der Waals surface area contributed by atoms with Gasteiger partial charge in [0, 0.05) is 13.1 Å². The van der Waals surface area contributed by atoms with Crippen molar-refractivity contribution in [1.82, 2.24) is 10.6 Å². The molecular formula is C15H25N3O. The topological polar surface area (TPSA) is 45.7 Å². The van der Waals surface area contributed by atoms with E-state index in [-0.39, 0.29) is 6.10 Å². The van der Waals surface area contributed by atoms with Crippen molar-refractivity contribution in [2.45, 2.75) is 39.8 Å². The number of guanidine groups is 1. The van der Waals surface area contributed by atoms with E-state index in [1.807, 2.05) is 25.1 Å². The van der Waals surface area contributed by atoms with E-state index in [0.717, 1.165) is 17.3 Å². The summed E-state index contributed by atoms with van der Waals surface area (Å²) >= 11 is 0. The van der Waals surface area contributed by atoms with Crippen molar-refractivity contribution in [3.05, 3.63) is 29.8 Å². The number of rotatable bonds is 5. The van der Waals surface area contributed by atoms with E-state index in [4.69, 9.17) is 4.74 Å². The second kappa shape index (κ2) is 7.67. The Kier molecular flexibility index (Phi) is 6.19. The number of hydrogen-bond donors (Lipinski definition) is 2.